The van der Waals surface area contributed by atoms with Crippen molar-refractivity contribution < 1.29 is 14.3 Å². The van der Waals surface area contributed by atoms with Crippen molar-refractivity contribution >= 4 is 17.1 Å². The third kappa shape index (κ3) is 2.74. The van der Waals surface area contributed by atoms with Crippen LogP contribution in [0.3, 0.4) is 0 Å². The predicted octanol–water partition coefficient (Wildman–Crippen LogP) is 3.27. The van der Waals surface area contributed by atoms with Gasteiger partial charge in [0.2, 0.25) is 0 Å². The van der Waals surface area contributed by atoms with Crippen molar-refractivity contribution in [2.45, 2.75) is 13.0 Å². The Kier molecular flexibility index (Phi) is 3.65. The summed E-state index contributed by atoms with van der Waals surface area (Å²) in [6.45, 7) is 1.77. The molecule has 8 nitrogen and oxygen atoms in total. The topological polar surface area (TPSA) is 111 Å². The Morgan fingerprint density at radius 3 is 2.50 bits per heavy atom. The summed E-state index contributed by atoms with van der Waals surface area (Å²) in [5, 5.41) is 24.5. The van der Waals surface area contributed by atoms with Crippen molar-refractivity contribution in [3.05, 3.63) is 62.6 Å². The summed E-state index contributed by atoms with van der Waals surface area (Å²) in [5.74, 6) is 0.609. The zero-order chi connectivity index (χ0) is 14.7. The number of hydrogen-bond donors (Lipinski definition) is 1. The summed E-state index contributed by atoms with van der Waals surface area (Å²) in [7, 11) is 0. The van der Waals surface area contributed by atoms with Crippen LogP contribution < -0.4 is 5.32 Å². The average molecular weight is 277 g/mol. The molecule has 1 N–H and O–H groups in total. The molecule has 2 aromatic rings. The maximum absolute atomic E-state index is 11.0. The van der Waals surface area contributed by atoms with E-state index >= 15 is 0 Å². The second kappa shape index (κ2) is 5.39. The molecular weight excluding hydrogens is 266 g/mol. The highest BCUT2D eigenvalue weighted by atomic mass is 16.6. The number of nitrogens with zero attached hydrogens (tertiary/aromatic N) is 2. The molecule has 1 atom stereocenters. The van der Waals surface area contributed by atoms with E-state index in [4.69, 9.17) is 4.42 Å². The fraction of sp³-hybridized carbons (Fsp3) is 0.167. The van der Waals surface area contributed by atoms with E-state index in [9.17, 15) is 20.2 Å². The summed E-state index contributed by atoms with van der Waals surface area (Å²) in [5.41, 5.74) is -0.477. The minimum Gasteiger partial charge on any atom is -0.467 e. The average Bonchev–Trinajstić information content (AvgIpc) is 2.92. The van der Waals surface area contributed by atoms with Crippen molar-refractivity contribution in [3.63, 3.8) is 0 Å². The Labute approximate surface area is 113 Å². The summed E-state index contributed by atoms with van der Waals surface area (Å²) >= 11 is 0. The van der Waals surface area contributed by atoms with Crippen LogP contribution in [0.2, 0.25) is 0 Å². The molecule has 20 heavy (non-hydrogen) atoms. The van der Waals surface area contributed by atoms with Crippen LogP contribution in [0.5, 0.6) is 0 Å². The summed E-state index contributed by atoms with van der Waals surface area (Å²) in [6.07, 6.45) is 1.50. The highest BCUT2D eigenvalue weighted by Crippen LogP contribution is 2.31. The van der Waals surface area contributed by atoms with E-state index in [0.29, 0.717) is 5.76 Å². The molecule has 0 spiro atoms. The van der Waals surface area contributed by atoms with Crippen LogP contribution in [0.15, 0.2) is 41.0 Å². The van der Waals surface area contributed by atoms with Crippen LogP contribution in [0.25, 0.3) is 0 Å². The second-order valence-corrected chi connectivity index (χ2v) is 4.10. The molecule has 0 unspecified atom stereocenters. The van der Waals surface area contributed by atoms with E-state index in [2.05, 4.69) is 5.32 Å². The van der Waals surface area contributed by atoms with E-state index in [0.717, 1.165) is 6.07 Å². The lowest BCUT2D eigenvalue weighted by Gasteiger charge is -2.12. The highest BCUT2D eigenvalue weighted by molar-refractivity contribution is 5.65. The van der Waals surface area contributed by atoms with E-state index in [1.165, 1.54) is 18.4 Å². The molecule has 0 amide bonds. The molecule has 1 aromatic heterocycles. The normalized spacial score (nSPS) is 11.8. The Morgan fingerprint density at radius 2 is 1.95 bits per heavy atom. The first-order valence-corrected chi connectivity index (χ1v) is 5.72. The smallest absolute Gasteiger partial charge is 0.299 e. The molecule has 1 aromatic carbocycles. The van der Waals surface area contributed by atoms with Gasteiger partial charge in [-0.15, -0.1) is 0 Å². The van der Waals surface area contributed by atoms with Gasteiger partial charge in [0.25, 0.3) is 11.4 Å². The lowest BCUT2D eigenvalue weighted by atomic mass is 10.2. The second-order valence-electron chi connectivity index (χ2n) is 4.10. The first-order valence-electron chi connectivity index (χ1n) is 5.72. The van der Waals surface area contributed by atoms with Crippen LogP contribution in [0, 0.1) is 20.2 Å². The predicted molar refractivity (Wildman–Crippen MR) is 70.5 cm³/mol. The number of hydrogen-bond acceptors (Lipinski definition) is 6. The van der Waals surface area contributed by atoms with E-state index in [-0.39, 0.29) is 23.1 Å². The number of rotatable bonds is 5. The molecular formula is C12H11N3O5. The van der Waals surface area contributed by atoms with Crippen LogP contribution in [0.1, 0.15) is 18.7 Å². The van der Waals surface area contributed by atoms with Gasteiger partial charge in [-0.3, -0.25) is 20.2 Å². The molecule has 0 aliphatic rings. The van der Waals surface area contributed by atoms with Gasteiger partial charge in [0.1, 0.15) is 11.4 Å². The van der Waals surface area contributed by atoms with Gasteiger partial charge in [0.05, 0.1) is 28.2 Å². The fourth-order valence-corrected chi connectivity index (χ4v) is 1.75. The molecule has 0 saturated heterocycles. The first-order chi connectivity index (χ1) is 9.49. The van der Waals surface area contributed by atoms with Gasteiger partial charge in [-0.25, -0.2) is 0 Å². The molecule has 0 bridgehead atoms. The highest BCUT2D eigenvalue weighted by Gasteiger charge is 2.21. The summed E-state index contributed by atoms with van der Waals surface area (Å²) < 4.78 is 5.19. The lowest BCUT2D eigenvalue weighted by molar-refractivity contribution is -0.393. The fourth-order valence-electron chi connectivity index (χ4n) is 1.75. The Balaban J connectivity index is 2.31. The van der Waals surface area contributed by atoms with Crippen LogP contribution in [-0.2, 0) is 0 Å². The minimum absolute atomic E-state index is 0.199. The van der Waals surface area contributed by atoms with Crippen molar-refractivity contribution in [2.75, 3.05) is 5.32 Å². The number of anilines is 1. The number of furan rings is 1. The quantitative estimate of drug-likeness (QED) is 0.663. The van der Waals surface area contributed by atoms with E-state index in [1.54, 1.807) is 19.1 Å². The summed E-state index contributed by atoms with van der Waals surface area (Å²) in [6, 6.07) is 6.59. The van der Waals surface area contributed by atoms with Gasteiger partial charge >= 0.3 is 0 Å². The van der Waals surface area contributed by atoms with Gasteiger partial charge < -0.3 is 9.73 Å². The first kappa shape index (κ1) is 13.5. The standard InChI is InChI=1S/C12H11N3O5/c1-8(12-3-2-6-20-12)13-10-5-4-9(14(16)17)7-11(10)15(18)19/h2-8,13H,1H3/t8-/m1/s1. The number of non-ortho nitro benzene ring substituents is 1. The van der Waals surface area contributed by atoms with E-state index in [1.807, 2.05) is 0 Å². The maximum atomic E-state index is 11.0. The van der Waals surface area contributed by atoms with Crippen LogP contribution in [0.4, 0.5) is 17.1 Å². The van der Waals surface area contributed by atoms with Crippen molar-refractivity contribution in [1.82, 2.24) is 0 Å². The van der Waals surface area contributed by atoms with E-state index < -0.39 is 9.85 Å². The van der Waals surface area contributed by atoms with Crippen molar-refractivity contribution in [1.29, 1.82) is 0 Å². The molecule has 0 radical (unpaired) electrons. The molecule has 0 saturated carbocycles. The third-order valence-electron chi connectivity index (χ3n) is 2.73. The van der Waals surface area contributed by atoms with Gasteiger partial charge in [0, 0.05) is 6.07 Å². The van der Waals surface area contributed by atoms with Gasteiger partial charge in [0.15, 0.2) is 0 Å². The number of nitro benzene ring substituents is 2. The number of benzene rings is 1. The molecule has 104 valence electrons. The van der Waals surface area contributed by atoms with Gasteiger partial charge in [-0.1, -0.05) is 0 Å². The van der Waals surface area contributed by atoms with Crippen LogP contribution in [-0.4, -0.2) is 9.85 Å². The lowest BCUT2D eigenvalue weighted by Crippen LogP contribution is -2.07. The zero-order valence-electron chi connectivity index (χ0n) is 10.5. The minimum atomic E-state index is -0.674. The Bertz CT molecular complexity index is 639. The largest absolute Gasteiger partial charge is 0.467 e. The van der Waals surface area contributed by atoms with Crippen molar-refractivity contribution in [3.8, 4) is 0 Å². The Hall–Kier alpha value is -2.90. The van der Waals surface area contributed by atoms with Gasteiger partial charge in [-0.2, -0.15) is 0 Å². The molecule has 8 heteroatoms. The number of nitro groups is 2. The zero-order valence-corrected chi connectivity index (χ0v) is 10.5. The van der Waals surface area contributed by atoms with Crippen LogP contribution >= 0.6 is 0 Å². The molecule has 1 heterocycles. The number of nitrogens with one attached hydrogen (secondary N) is 1. The maximum Gasteiger partial charge on any atom is 0.299 e. The molecule has 0 aliphatic carbocycles. The Morgan fingerprint density at radius 1 is 1.20 bits per heavy atom. The SMILES string of the molecule is C[C@@H](Nc1ccc([N+](=O)[O-])cc1[N+](=O)[O-])c1ccco1. The summed E-state index contributed by atoms with van der Waals surface area (Å²) in [4.78, 5) is 20.3. The van der Waals surface area contributed by atoms with Gasteiger partial charge in [-0.05, 0) is 25.1 Å². The molecule has 0 aliphatic heterocycles. The molecule has 2 rings (SSSR count). The van der Waals surface area contributed by atoms with Crippen molar-refractivity contribution in [2.24, 2.45) is 0 Å². The monoisotopic (exact) mass is 277 g/mol. The molecule has 0 fully saturated rings. The third-order valence-corrected chi connectivity index (χ3v) is 2.73.